The number of carbonyl (C=O) groups is 1. The summed E-state index contributed by atoms with van der Waals surface area (Å²) in [5.74, 6) is 1.23. The number of nitrogens with one attached hydrogen (secondary N) is 1. The summed E-state index contributed by atoms with van der Waals surface area (Å²) in [6.45, 7) is 3.86. The molecule has 4 nitrogen and oxygen atoms in total. The highest BCUT2D eigenvalue weighted by atomic mass is 32.1. The van der Waals surface area contributed by atoms with Gasteiger partial charge in [0.15, 0.2) is 5.13 Å². The first-order valence-corrected chi connectivity index (χ1v) is 8.02. The molecule has 0 fully saturated rings. The normalized spacial score (nSPS) is 11.0. The summed E-state index contributed by atoms with van der Waals surface area (Å²) in [5.41, 5.74) is 1.94. The van der Waals surface area contributed by atoms with Crippen LogP contribution in [-0.2, 0) is 4.79 Å². The third-order valence-corrected chi connectivity index (χ3v) is 4.12. The number of anilines is 1. The zero-order chi connectivity index (χ0) is 16.2. The molecule has 1 aromatic carbocycles. The molecule has 0 aliphatic heterocycles. The predicted molar refractivity (Wildman–Crippen MR) is 93.4 cm³/mol. The molecular weight excluding hydrogens is 308 g/mol. The van der Waals surface area contributed by atoms with Crippen LogP contribution < -0.4 is 5.32 Å². The van der Waals surface area contributed by atoms with E-state index in [1.165, 1.54) is 17.4 Å². The lowest BCUT2D eigenvalue weighted by atomic mass is 10.1. The summed E-state index contributed by atoms with van der Waals surface area (Å²) in [6, 6.07) is 13.6. The van der Waals surface area contributed by atoms with Crippen molar-refractivity contribution < 1.29 is 9.21 Å². The standard InChI is InChI=1S/C18H16N2O2S/c1-12-8-9-15(22-12)10-11-16(21)19-18-20-17(13(2)23-18)14-6-4-3-5-7-14/h3-11H,1-2H3,(H,19,20,21). The van der Waals surface area contributed by atoms with Gasteiger partial charge in [-0.3, -0.25) is 10.1 Å². The zero-order valence-corrected chi connectivity index (χ0v) is 13.7. The molecule has 0 aliphatic rings. The number of aryl methyl sites for hydroxylation is 2. The number of hydrogen-bond donors (Lipinski definition) is 1. The lowest BCUT2D eigenvalue weighted by Gasteiger charge is -1.97. The third-order valence-electron chi connectivity index (χ3n) is 3.23. The van der Waals surface area contributed by atoms with E-state index in [-0.39, 0.29) is 5.91 Å². The fourth-order valence-corrected chi connectivity index (χ4v) is 3.00. The number of nitrogens with zero attached hydrogens (tertiary/aromatic N) is 1. The number of carbonyl (C=O) groups excluding carboxylic acids is 1. The Kier molecular flexibility index (Phi) is 4.39. The molecule has 5 heteroatoms. The Bertz CT molecular complexity index is 847. The number of furan rings is 1. The highest BCUT2D eigenvalue weighted by Gasteiger charge is 2.10. The van der Waals surface area contributed by atoms with Crippen LogP contribution in [0.5, 0.6) is 0 Å². The Labute approximate surface area is 138 Å². The Morgan fingerprint density at radius 1 is 1.17 bits per heavy atom. The molecule has 2 heterocycles. The van der Waals surface area contributed by atoms with Crippen molar-refractivity contribution in [2.75, 3.05) is 5.32 Å². The van der Waals surface area contributed by atoms with Gasteiger partial charge in [0.25, 0.3) is 0 Å². The molecule has 0 bridgehead atoms. The molecule has 2 aromatic heterocycles. The van der Waals surface area contributed by atoms with Crippen molar-refractivity contribution in [3.8, 4) is 11.3 Å². The first-order valence-electron chi connectivity index (χ1n) is 7.20. The average Bonchev–Trinajstić information content (AvgIpc) is 3.12. The molecule has 3 rings (SSSR count). The average molecular weight is 324 g/mol. The van der Waals surface area contributed by atoms with Gasteiger partial charge in [0.1, 0.15) is 11.5 Å². The van der Waals surface area contributed by atoms with Crippen LogP contribution in [0.15, 0.2) is 53.0 Å². The van der Waals surface area contributed by atoms with Gasteiger partial charge in [-0.15, -0.1) is 11.3 Å². The Morgan fingerprint density at radius 3 is 2.65 bits per heavy atom. The molecule has 0 aliphatic carbocycles. The Balaban J connectivity index is 1.71. The minimum Gasteiger partial charge on any atom is -0.462 e. The minimum absolute atomic E-state index is 0.229. The quantitative estimate of drug-likeness (QED) is 0.709. The number of thiazole rings is 1. The molecule has 0 spiro atoms. The van der Waals surface area contributed by atoms with E-state index in [9.17, 15) is 4.79 Å². The molecular formula is C18H16N2O2S. The van der Waals surface area contributed by atoms with Crippen molar-refractivity contribution in [2.24, 2.45) is 0 Å². The van der Waals surface area contributed by atoms with Crippen LogP contribution in [0, 0.1) is 13.8 Å². The van der Waals surface area contributed by atoms with Gasteiger partial charge in [-0.2, -0.15) is 0 Å². The van der Waals surface area contributed by atoms with E-state index in [1.807, 2.05) is 56.3 Å². The SMILES string of the molecule is Cc1ccc(C=CC(=O)Nc2nc(-c3ccccc3)c(C)s2)o1. The van der Waals surface area contributed by atoms with Gasteiger partial charge in [0, 0.05) is 16.5 Å². The van der Waals surface area contributed by atoms with Gasteiger partial charge < -0.3 is 4.42 Å². The van der Waals surface area contributed by atoms with Crippen molar-refractivity contribution in [2.45, 2.75) is 13.8 Å². The second-order valence-electron chi connectivity index (χ2n) is 5.06. The van der Waals surface area contributed by atoms with Crippen molar-refractivity contribution in [1.82, 2.24) is 4.98 Å². The summed E-state index contributed by atoms with van der Waals surface area (Å²) in [4.78, 5) is 17.6. The maximum absolute atomic E-state index is 12.0. The summed E-state index contributed by atoms with van der Waals surface area (Å²) in [5, 5.41) is 3.38. The topological polar surface area (TPSA) is 55.1 Å². The number of rotatable bonds is 4. The summed E-state index contributed by atoms with van der Waals surface area (Å²) >= 11 is 1.46. The van der Waals surface area contributed by atoms with Gasteiger partial charge in [0.05, 0.1) is 5.69 Å². The van der Waals surface area contributed by atoms with E-state index in [0.717, 1.165) is 21.9 Å². The largest absolute Gasteiger partial charge is 0.462 e. The third kappa shape index (κ3) is 3.76. The van der Waals surface area contributed by atoms with E-state index in [1.54, 1.807) is 6.08 Å². The second-order valence-corrected chi connectivity index (χ2v) is 6.26. The highest BCUT2D eigenvalue weighted by Crippen LogP contribution is 2.30. The lowest BCUT2D eigenvalue weighted by Crippen LogP contribution is -2.07. The number of amides is 1. The number of aromatic nitrogens is 1. The van der Waals surface area contributed by atoms with E-state index in [0.29, 0.717) is 10.9 Å². The lowest BCUT2D eigenvalue weighted by molar-refractivity contribution is -0.111. The van der Waals surface area contributed by atoms with Crippen LogP contribution in [0.1, 0.15) is 16.4 Å². The van der Waals surface area contributed by atoms with Crippen LogP contribution in [-0.4, -0.2) is 10.9 Å². The van der Waals surface area contributed by atoms with Crippen molar-refractivity contribution in [3.63, 3.8) is 0 Å². The molecule has 0 atom stereocenters. The Morgan fingerprint density at radius 2 is 1.96 bits per heavy atom. The molecule has 1 amide bonds. The zero-order valence-electron chi connectivity index (χ0n) is 12.9. The first-order chi connectivity index (χ1) is 11.1. The molecule has 0 saturated heterocycles. The molecule has 0 saturated carbocycles. The van der Waals surface area contributed by atoms with E-state index < -0.39 is 0 Å². The number of benzene rings is 1. The van der Waals surface area contributed by atoms with Gasteiger partial charge >= 0.3 is 0 Å². The molecule has 23 heavy (non-hydrogen) atoms. The van der Waals surface area contributed by atoms with E-state index >= 15 is 0 Å². The smallest absolute Gasteiger partial charge is 0.250 e. The van der Waals surface area contributed by atoms with E-state index in [2.05, 4.69) is 10.3 Å². The maximum Gasteiger partial charge on any atom is 0.250 e. The summed E-state index contributed by atoms with van der Waals surface area (Å²) in [7, 11) is 0. The minimum atomic E-state index is -0.229. The van der Waals surface area contributed by atoms with Gasteiger partial charge in [-0.05, 0) is 32.1 Å². The van der Waals surface area contributed by atoms with Gasteiger partial charge in [-0.25, -0.2) is 4.98 Å². The molecule has 3 aromatic rings. The van der Waals surface area contributed by atoms with Gasteiger partial charge in [0.2, 0.25) is 5.91 Å². The van der Waals surface area contributed by atoms with Crippen LogP contribution in [0.2, 0.25) is 0 Å². The second kappa shape index (κ2) is 6.62. The van der Waals surface area contributed by atoms with Crippen molar-refractivity contribution in [3.05, 3.63) is 64.9 Å². The molecule has 1 N–H and O–H groups in total. The summed E-state index contributed by atoms with van der Waals surface area (Å²) < 4.78 is 5.39. The summed E-state index contributed by atoms with van der Waals surface area (Å²) in [6.07, 6.45) is 3.08. The van der Waals surface area contributed by atoms with Crippen molar-refractivity contribution in [1.29, 1.82) is 0 Å². The fourth-order valence-electron chi connectivity index (χ4n) is 2.16. The van der Waals surface area contributed by atoms with Crippen LogP contribution >= 0.6 is 11.3 Å². The maximum atomic E-state index is 12.0. The van der Waals surface area contributed by atoms with Crippen LogP contribution in [0.4, 0.5) is 5.13 Å². The van der Waals surface area contributed by atoms with Crippen molar-refractivity contribution >= 4 is 28.5 Å². The highest BCUT2D eigenvalue weighted by molar-refractivity contribution is 7.16. The van der Waals surface area contributed by atoms with Gasteiger partial charge in [-0.1, -0.05) is 30.3 Å². The Hall–Kier alpha value is -2.66. The predicted octanol–water partition coefficient (Wildman–Crippen LogP) is 4.67. The molecule has 0 unspecified atom stereocenters. The molecule has 0 radical (unpaired) electrons. The monoisotopic (exact) mass is 324 g/mol. The number of hydrogen-bond acceptors (Lipinski definition) is 4. The van der Waals surface area contributed by atoms with Crippen LogP contribution in [0.3, 0.4) is 0 Å². The van der Waals surface area contributed by atoms with Crippen LogP contribution in [0.25, 0.3) is 17.3 Å². The molecule has 116 valence electrons. The fraction of sp³-hybridized carbons (Fsp3) is 0.111. The first kappa shape index (κ1) is 15.2. The van der Waals surface area contributed by atoms with E-state index in [4.69, 9.17) is 4.42 Å².